The van der Waals surface area contributed by atoms with Gasteiger partial charge in [-0.05, 0) is 24.6 Å². The van der Waals surface area contributed by atoms with E-state index in [1.807, 2.05) is 37.3 Å². The molecule has 0 radical (unpaired) electrons. The van der Waals surface area contributed by atoms with Crippen LogP contribution in [0.15, 0.2) is 48.7 Å². The number of benzene rings is 1. The summed E-state index contributed by atoms with van der Waals surface area (Å²) in [6.07, 6.45) is 1.19. The van der Waals surface area contributed by atoms with Gasteiger partial charge in [0.1, 0.15) is 11.9 Å². The third-order valence-corrected chi connectivity index (χ3v) is 2.57. The van der Waals surface area contributed by atoms with Gasteiger partial charge in [0.2, 0.25) is 0 Å². The van der Waals surface area contributed by atoms with E-state index in [1.54, 1.807) is 6.07 Å². The first kappa shape index (κ1) is 12.1. The van der Waals surface area contributed by atoms with Crippen LogP contribution in [-0.4, -0.2) is 11.0 Å². The second kappa shape index (κ2) is 5.31. The quantitative estimate of drug-likeness (QED) is 0.840. The van der Waals surface area contributed by atoms with Gasteiger partial charge in [-0.3, -0.25) is 0 Å². The molecule has 4 heteroatoms. The van der Waals surface area contributed by atoms with Gasteiger partial charge >= 0.3 is 5.97 Å². The number of pyridine rings is 1. The Labute approximate surface area is 105 Å². The first-order valence-corrected chi connectivity index (χ1v) is 5.64. The maximum Gasteiger partial charge on any atom is 0.338 e. The summed E-state index contributed by atoms with van der Waals surface area (Å²) in [5, 5.41) is 0. The molecular weight excluding hydrogens is 228 g/mol. The molecule has 2 rings (SSSR count). The highest BCUT2D eigenvalue weighted by molar-refractivity contribution is 5.90. The van der Waals surface area contributed by atoms with E-state index in [-0.39, 0.29) is 6.10 Å². The molecule has 18 heavy (non-hydrogen) atoms. The molecule has 92 valence electrons. The minimum absolute atomic E-state index is 0.298. The number of nitrogen functional groups attached to an aromatic ring is 1. The maximum atomic E-state index is 11.9. The monoisotopic (exact) mass is 242 g/mol. The fourth-order valence-electron chi connectivity index (χ4n) is 1.60. The zero-order valence-corrected chi connectivity index (χ0v) is 10.0. The smallest absolute Gasteiger partial charge is 0.338 e. The Bertz CT molecular complexity index is 541. The third-order valence-electron chi connectivity index (χ3n) is 2.57. The van der Waals surface area contributed by atoms with E-state index >= 15 is 0 Å². The second-order valence-electron chi connectivity index (χ2n) is 3.93. The lowest BCUT2D eigenvalue weighted by Gasteiger charge is -2.13. The molecule has 0 aliphatic heterocycles. The van der Waals surface area contributed by atoms with Gasteiger partial charge in [0.05, 0.1) is 5.56 Å². The summed E-state index contributed by atoms with van der Waals surface area (Å²) >= 11 is 0. The molecular formula is C14H14N2O2. The topological polar surface area (TPSA) is 65.2 Å². The number of ether oxygens (including phenoxy) is 1. The summed E-state index contributed by atoms with van der Waals surface area (Å²) in [6.45, 7) is 1.83. The van der Waals surface area contributed by atoms with Crippen molar-refractivity contribution in [3.8, 4) is 0 Å². The molecule has 0 aliphatic carbocycles. The zero-order chi connectivity index (χ0) is 13.0. The molecule has 1 aromatic heterocycles. The Morgan fingerprint density at radius 3 is 2.67 bits per heavy atom. The summed E-state index contributed by atoms with van der Waals surface area (Å²) in [4.78, 5) is 15.7. The van der Waals surface area contributed by atoms with Crippen LogP contribution in [0.25, 0.3) is 0 Å². The standard InChI is InChI=1S/C14H14N2O2/c1-10(11-5-3-2-4-6-11)18-14(17)12-7-8-16-13(15)9-12/h2-10H,1H3,(H2,15,16). The summed E-state index contributed by atoms with van der Waals surface area (Å²) in [7, 11) is 0. The van der Waals surface area contributed by atoms with Crippen molar-refractivity contribution < 1.29 is 9.53 Å². The van der Waals surface area contributed by atoms with Crippen molar-refractivity contribution in [2.24, 2.45) is 0 Å². The zero-order valence-electron chi connectivity index (χ0n) is 10.0. The predicted molar refractivity (Wildman–Crippen MR) is 68.9 cm³/mol. The SMILES string of the molecule is CC(OC(=O)c1ccnc(N)c1)c1ccccc1. The number of nitrogens with two attached hydrogens (primary N) is 1. The molecule has 2 aromatic rings. The highest BCUT2D eigenvalue weighted by atomic mass is 16.5. The molecule has 0 saturated carbocycles. The number of nitrogens with zero attached hydrogens (tertiary/aromatic N) is 1. The number of rotatable bonds is 3. The van der Waals surface area contributed by atoms with Crippen molar-refractivity contribution >= 4 is 11.8 Å². The van der Waals surface area contributed by atoms with Crippen LogP contribution in [-0.2, 0) is 4.74 Å². The van der Waals surface area contributed by atoms with E-state index in [2.05, 4.69) is 4.98 Å². The number of hydrogen-bond acceptors (Lipinski definition) is 4. The molecule has 0 bridgehead atoms. The number of anilines is 1. The van der Waals surface area contributed by atoms with Crippen LogP contribution < -0.4 is 5.73 Å². The second-order valence-corrected chi connectivity index (χ2v) is 3.93. The van der Waals surface area contributed by atoms with Gasteiger partial charge in [0.25, 0.3) is 0 Å². The first-order chi connectivity index (χ1) is 8.66. The minimum atomic E-state index is -0.402. The van der Waals surface area contributed by atoms with E-state index in [1.165, 1.54) is 12.3 Å². The molecule has 0 aliphatic rings. The van der Waals surface area contributed by atoms with Gasteiger partial charge < -0.3 is 10.5 Å². The molecule has 0 saturated heterocycles. The van der Waals surface area contributed by atoms with E-state index in [0.717, 1.165) is 5.56 Å². The Balaban J connectivity index is 2.08. The fraction of sp³-hybridized carbons (Fsp3) is 0.143. The predicted octanol–water partition coefficient (Wildman–Crippen LogP) is 2.58. The molecule has 1 unspecified atom stereocenters. The molecule has 0 amide bonds. The average molecular weight is 242 g/mol. The summed E-state index contributed by atoms with van der Waals surface area (Å²) in [5.74, 6) is -0.0998. The van der Waals surface area contributed by atoms with Crippen LogP contribution in [0.2, 0.25) is 0 Å². The first-order valence-electron chi connectivity index (χ1n) is 5.64. The molecule has 1 atom stereocenters. The Morgan fingerprint density at radius 1 is 1.28 bits per heavy atom. The van der Waals surface area contributed by atoms with Gasteiger partial charge in [0, 0.05) is 6.20 Å². The van der Waals surface area contributed by atoms with Crippen molar-refractivity contribution in [1.29, 1.82) is 0 Å². The molecule has 4 nitrogen and oxygen atoms in total. The lowest BCUT2D eigenvalue weighted by atomic mass is 10.1. The third kappa shape index (κ3) is 2.85. The Hall–Kier alpha value is -2.36. The number of esters is 1. The lowest BCUT2D eigenvalue weighted by molar-refractivity contribution is 0.0338. The highest BCUT2D eigenvalue weighted by Gasteiger charge is 2.13. The lowest BCUT2D eigenvalue weighted by Crippen LogP contribution is -2.09. The minimum Gasteiger partial charge on any atom is -0.454 e. The Kier molecular flexibility index (Phi) is 3.57. The van der Waals surface area contributed by atoms with E-state index in [4.69, 9.17) is 10.5 Å². The van der Waals surface area contributed by atoms with Gasteiger partial charge in [-0.2, -0.15) is 0 Å². The molecule has 0 spiro atoms. The van der Waals surface area contributed by atoms with Crippen LogP contribution in [0.1, 0.15) is 28.9 Å². The summed E-state index contributed by atoms with van der Waals surface area (Å²) in [6, 6.07) is 12.6. The van der Waals surface area contributed by atoms with Gasteiger partial charge in [-0.25, -0.2) is 9.78 Å². The number of hydrogen-bond donors (Lipinski definition) is 1. The van der Waals surface area contributed by atoms with Crippen LogP contribution in [0.3, 0.4) is 0 Å². The van der Waals surface area contributed by atoms with Crippen molar-refractivity contribution in [3.63, 3.8) is 0 Å². The van der Waals surface area contributed by atoms with Gasteiger partial charge in [-0.15, -0.1) is 0 Å². The van der Waals surface area contributed by atoms with Crippen molar-refractivity contribution in [2.45, 2.75) is 13.0 Å². The number of aromatic nitrogens is 1. The van der Waals surface area contributed by atoms with Crippen molar-refractivity contribution in [3.05, 3.63) is 59.8 Å². The highest BCUT2D eigenvalue weighted by Crippen LogP contribution is 2.18. The van der Waals surface area contributed by atoms with Gasteiger partial charge in [-0.1, -0.05) is 30.3 Å². The van der Waals surface area contributed by atoms with Crippen LogP contribution in [0.5, 0.6) is 0 Å². The molecule has 1 aromatic carbocycles. The van der Waals surface area contributed by atoms with Crippen molar-refractivity contribution in [2.75, 3.05) is 5.73 Å². The van der Waals surface area contributed by atoms with Crippen LogP contribution in [0.4, 0.5) is 5.82 Å². The normalized spacial score (nSPS) is 11.8. The average Bonchev–Trinajstić information content (AvgIpc) is 2.39. The van der Waals surface area contributed by atoms with E-state index < -0.39 is 5.97 Å². The van der Waals surface area contributed by atoms with E-state index in [9.17, 15) is 4.79 Å². The fourth-order valence-corrected chi connectivity index (χ4v) is 1.60. The van der Waals surface area contributed by atoms with Crippen LogP contribution >= 0.6 is 0 Å². The molecule has 1 heterocycles. The Morgan fingerprint density at radius 2 is 2.00 bits per heavy atom. The maximum absolute atomic E-state index is 11.9. The largest absolute Gasteiger partial charge is 0.454 e. The number of carbonyl (C=O) groups is 1. The molecule has 2 N–H and O–H groups in total. The summed E-state index contributed by atoms with van der Waals surface area (Å²) in [5.41, 5.74) is 6.88. The van der Waals surface area contributed by atoms with Gasteiger partial charge in [0.15, 0.2) is 0 Å². The summed E-state index contributed by atoms with van der Waals surface area (Å²) < 4.78 is 5.36. The van der Waals surface area contributed by atoms with Crippen molar-refractivity contribution in [1.82, 2.24) is 4.98 Å². The molecule has 0 fully saturated rings. The van der Waals surface area contributed by atoms with E-state index in [0.29, 0.717) is 11.4 Å². The van der Waals surface area contributed by atoms with Crippen LogP contribution in [0, 0.1) is 0 Å². The number of carbonyl (C=O) groups excluding carboxylic acids is 1.